The number of hydrogen-bond acceptors (Lipinski definition) is 4. The quantitative estimate of drug-likeness (QED) is 0.887. The molecule has 1 aliphatic heterocycles. The van der Waals surface area contributed by atoms with E-state index in [1.54, 1.807) is 12.5 Å². The molecular weight excluding hydrogens is 232 g/mol. The number of aromatic nitrogens is 1. The van der Waals surface area contributed by atoms with Gasteiger partial charge in [0.1, 0.15) is 6.26 Å². The van der Waals surface area contributed by atoms with E-state index in [1.165, 1.54) is 0 Å². The average Bonchev–Trinajstić information content (AvgIpc) is 2.82. The van der Waals surface area contributed by atoms with Crippen LogP contribution in [0, 0.1) is 11.3 Å². The van der Waals surface area contributed by atoms with Gasteiger partial charge < -0.3 is 9.63 Å². The first-order valence-electron chi connectivity index (χ1n) is 6.34. The fourth-order valence-corrected chi connectivity index (χ4v) is 2.53. The van der Waals surface area contributed by atoms with Crippen molar-refractivity contribution in [1.82, 2.24) is 10.1 Å². The Bertz CT molecular complexity index is 400. The summed E-state index contributed by atoms with van der Waals surface area (Å²) < 4.78 is 4.82. The van der Waals surface area contributed by atoms with E-state index in [9.17, 15) is 9.90 Å². The van der Waals surface area contributed by atoms with E-state index >= 15 is 0 Å². The molecule has 0 aromatic carbocycles. The number of carbonyl (C=O) groups is 1. The average molecular weight is 252 g/mol. The van der Waals surface area contributed by atoms with E-state index in [2.05, 4.69) is 10.1 Å². The van der Waals surface area contributed by atoms with E-state index in [4.69, 9.17) is 4.52 Å². The van der Waals surface area contributed by atoms with Gasteiger partial charge in [-0.2, -0.15) is 0 Å². The first-order chi connectivity index (χ1) is 8.50. The molecule has 1 aliphatic rings. The van der Waals surface area contributed by atoms with Crippen molar-refractivity contribution < 1.29 is 14.4 Å². The summed E-state index contributed by atoms with van der Waals surface area (Å²) >= 11 is 0. The summed E-state index contributed by atoms with van der Waals surface area (Å²) in [6.07, 6.45) is 5.39. The zero-order valence-electron chi connectivity index (χ0n) is 10.9. The van der Waals surface area contributed by atoms with Crippen molar-refractivity contribution in [3.63, 3.8) is 0 Å². The van der Waals surface area contributed by atoms with Gasteiger partial charge in [-0.3, -0.25) is 9.69 Å². The largest absolute Gasteiger partial charge is 0.481 e. The number of nitrogens with zero attached hydrogens (tertiary/aromatic N) is 2. The minimum absolute atomic E-state index is 0.198. The Morgan fingerprint density at radius 2 is 2.44 bits per heavy atom. The second-order valence-electron chi connectivity index (χ2n) is 5.63. The summed E-state index contributed by atoms with van der Waals surface area (Å²) in [7, 11) is 0. The third-order valence-corrected chi connectivity index (χ3v) is 3.97. The summed E-state index contributed by atoms with van der Waals surface area (Å²) in [6.45, 7) is 6.27. The van der Waals surface area contributed by atoms with E-state index in [0.717, 1.165) is 38.0 Å². The zero-order chi connectivity index (χ0) is 13.2. The number of carboxylic acids is 1. The first-order valence-corrected chi connectivity index (χ1v) is 6.34. The third-order valence-electron chi connectivity index (χ3n) is 3.97. The van der Waals surface area contributed by atoms with Crippen molar-refractivity contribution in [2.45, 2.75) is 33.2 Å². The highest BCUT2D eigenvalue weighted by atomic mass is 16.5. The number of carboxylic acid groups (broad SMARTS) is 1. The molecule has 2 rings (SSSR count). The van der Waals surface area contributed by atoms with Gasteiger partial charge in [0.15, 0.2) is 0 Å². The van der Waals surface area contributed by atoms with Crippen molar-refractivity contribution in [3.8, 4) is 0 Å². The predicted molar refractivity (Wildman–Crippen MR) is 65.9 cm³/mol. The van der Waals surface area contributed by atoms with Crippen molar-refractivity contribution in [2.75, 3.05) is 13.1 Å². The van der Waals surface area contributed by atoms with Crippen LogP contribution in [0.1, 0.15) is 32.3 Å². The molecule has 1 unspecified atom stereocenters. The van der Waals surface area contributed by atoms with Crippen LogP contribution in [0.15, 0.2) is 17.0 Å². The van der Waals surface area contributed by atoms with Crippen LogP contribution >= 0.6 is 0 Å². The van der Waals surface area contributed by atoms with Crippen LogP contribution in [0.4, 0.5) is 0 Å². The molecule has 1 aromatic heterocycles. The Kier molecular flexibility index (Phi) is 3.71. The molecule has 1 atom stereocenters. The molecule has 18 heavy (non-hydrogen) atoms. The Hall–Kier alpha value is -1.36. The summed E-state index contributed by atoms with van der Waals surface area (Å²) in [4.78, 5) is 13.6. The fraction of sp³-hybridized carbons (Fsp3) is 0.692. The van der Waals surface area contributed by atoms with Crippen LogP contribution in [0.5, 0.6) is 0 Å². The maximum absolute atomic E-state index is 11.3. The Morgan fingerprint density at radius 1 is 1.67 bits per heavy atom. The molecule has 1 aromatic rings. The summed E-state index contributed by atoms with van der Waals surface area (Å²) in [5.41, 5.74) is 0.386. The minimum Gasteiger partial charge on any atom is -0.481 e. The summed E-state index contributed by atoms with van der Waals surface area (Å²) in [6, 6.07) is 0. The highest BCUT2D eigenvalue weighted by Gasteiger charge is 2.38. The summed E-state index contributed by atoms with van der Waals surface area (Å²) in [5, 5.41) is 13.0. The van der Waals surface area contributed by atoms with E-state index in [1.807, 2.05) is 13.8 Å². The second-order valence-corrected chi connectivity index (χ2v) is 5.63. The number of rotatable bonds is 4. The normalized spacial score (nSPS) is 22.0. The number of hydrogen-bond donors (Lipinski definition) is 1. The van der Waals surface area contributed by atoms with Gasteiger partial charge in [0.25, 0.3) is 0 Å². The topological polar surface area (TPSA) is 66.6 Å². The minimum atomic E-state index is -0.709. The number of likely N-dealkylation sites (tertiary alicyclic amines) is 1. The van der Waals surface area contributed by atoms with Gasteiger partial charge in [-0.05, 0) is 39.2 Å². The van der Waals surface area contributed by atoms with Crippen molar-refractivity contribution in [1.29, 1.82) is 0 Å². The highest BCUT2D eigenvalue weighted by Crippen LogP contribution is 2.34. The van der Waals surface area contributed by atoms with Crippen LogP contribution in [0.3, 0.4) is 0 Å². The lowest BCUT2D eigenvalue weighted by molar-refractivity contribution is -0.151. The van der Waals surface area contributed by atoms with Gasteiger partial charge in [-0.15, -0.1) is 0 Å². The smallest absolute Gasteiger partial charge is 0.309 e. The molecule has 0 bridgehead atoms. The van der Waals surface area contributed by atoms with Crippen molar-refractivity contribution >= 4 is 5.97 Å². The van der Waals surface area contributed by atoms with Gasteiger partial charge in [-0.25, -0.2) is 0 Å². The lowest BCUT2D eigenvalue weighted by atomic mass is 9.74. The maximum atomic E-state index is 11.3. The van der Waals surface area contributed by atoms with Crippen LogP contribution in [-0.4, -0.2) is 34.2 Å². The Balaban J connectivity index is 1.98. The third kappa shape index (κ3) is 2.72. The first kappa shape index (κ1) is 13.1. The molecule has 0 aliphatic carbocycles. The summed E-state index contributed by atoms with van der Waals surface area (Å²) in [5.74, 6) is -0.511. The molecule has 0 radical (unpaired) electrons. The second kappa shape index (κ2) is 5.10. The molecule has 0 amide bonds. The molecule has 0 spiro atoms. The molecular formula is C13H20N2O3. The molecule has 1 saturated heterocycles. The molecule has 0 saturated carbocycles. The Morgan fingerprint density at radius 3 is 3.06 bits per heavy atom. The van der Waals surface area contributed by atoms with Crippen molar-refractivity contribution in [3.05, 3.63) is 18.0 Å². The van der Waals surface area contributed by atoms with Gasteiger partial charge >= 0.3 is 5.97 Å². The standard InChI is InChI=1S/C13H20N2O3/c1-13(2,12(16)17)11-4-3-5-15(8-11)7-10-6-14-18-9-10/h6,9,11H,3-5,7-8H2,1-2H3,(H,16,17). The molecule has 100 valence electrons. The molecule has 1 fully saturated rings. The lowest BCUT2D eigenvalue weighted by Gasteiger charge is -2.39. The molecule has 2 heterocycles. The van der Waals surface area contributed by atoms with Crippen LogP contribution < -0.4 is 0 Å². The van der Waals surface area contributed by atoms with Gasteiger partial charge in [0, 0.05) is 18.7 Å². The van der Waals surface area contributed by atoms with E-state index < -0.39 is 11.4 Å². The van der Waals surface area contributed by atoms with E-state index in [-0.39, 0.29) is 5.92 Å². The lowest BCUT2D eigenvalue weighted by Crippen LogP contribution is -2.44. The number of aliphatic carboxylic acids is 1. The van der Waals surface area contributed by atoms with E-state index in [0.29, 0.717) is 0 Å². The van der Waals surface area contributed by atoms with Crippen LogP contribution in [0.25, 0.3) is 0 Å². The highest BCUT2D eigenvalue weighted by molar-refractivity contribution is 5.74. The monoisotopic (exact) mass is 252 g/mol. The van der Waals surface area contributed by atoms with Crippen LogP contribution in [0.2, 0.25) is 0 Å². The SMILES string of the molecule is CC(C)(C(=O)O)C1CCCN(Cc2cnoc2)C1. The van der Waals surface area contributed by atoms with Gasteiger partial charge in [-0.1, -0.05) is 5.16 Å². The van der Waals surface area contributed by atoms with Gasteiger partial charge in [0.05, 0.1) is 11.6 Å². The van der Waals surface area contributed by atoms with Gasteiger partial charge in [0.2, 0.25) is 0 Å². The fourth-order valence-electron chi connectivity index (χ4n) is 2.53. The molecule has 5 heteroatoms. The van der Waals surface area contributed by atoms with Crippen molar-refractivity contribution in [2.24, 2.45) is 11.3 Å². The molecule has 1 N–H and O–H groups in total. The maximum Gasteiger partial charge on any atom is 0.309 e. The molecule has 5 nitrogen and oxygen atoms in total. The predicted octanol–water partition coefficient (Wildman–Crippen LogP) is 2.00. The Labute approximate surface area is 107 Å². The zero-order valence-corrected chi connectivity index (χ0v) is 10.9. The number of piperidine rings is 1. The van der Waals surface area contributed by atoms with Crippen LogP contribution in [-0.2, 0) is 11.3 Å².